The van der Waals surface area contributed by atoms with Crippen LogP contribution in [0.15, 0.2) is 0 Å². The van der Waals surface area contributed by atoms with E-state index in [1.807, 2.05) is 0 Å². The molecule has 76 valence electrons. The number of nitrogens with one attached hydrogen (secondary N) is 1. The van der Waals surface area contributed by atoms with Crippen LogP contribution < -0.4 is 11.5 Å². The summed E-state index contributed by atoms with van der Waals surface area (Å²) in [4.78, 5) is 0. The minimum absolute atomic E-state index is 0.167. The number of rotatable bonds is 0. The second-order valence-corrected chi connectivity index (χ2v) is 2.64. The normalized spacial score (nSPS) is 8.00. The minimum atomic E-state index is -0.333. The van der Waals surface area contributed by atoms with Crippen LogP contribution in [0.2, 0.25) is 0 Å². The predicted molar refractivity (Wildman–Crippen MR) is 50.8 cm³/mol. The molecular formula is C7H21N3O2. The van der Waals surface area contributed by atoms with Gasteiger partial charge in [-0.1, -0.05) is 0 Å². The van der Waals surface area contributed by atoms with Crippen molar-refractivity contribution in [3.8, 4) is 0 Å². The van der Waals surface area contributed by atoms with Crippen LogP contribution in [-0.4, -0.2) is 28.4 Å². The Morgan fingerprint density at radius 3 is 1.00 bits per heavy atom. The van der Waals surface area contributed by atoms with Crippen molar-refractivity contribution in [1.29, 1.82) is 5.41 Å². The van der Waals surface area contributed by atoms with E-state index in [9.17, 15) is 0 Å². The van der Waals surface area contributed by atoms with Gasteiger partial charge in [0, 0.05) is 12.2 Å². The average molecular weight is 179 g/mol. The maximum atomic E-state index is 8.06. The summed E-state index contributed by atoms with van der Waals surface area (Å²) in [5, 5.41) is 22.2. The van der Waals surface area contributed by atoms with Gasteiger partial charge < -0.3 is 21.7 Å². The van der Waals surface area contributed by atoms with Crippen molar-refractivity contribution in [2.24, 2.45) is 11.5 Å². The van der Waals surface area contributed by atoms with E-state index in [0.717, 1.165) is 0 Å². The first-order chi connectivity index (χ1) is 5.20. The van der Waals surface area contributed by atoms with Crippen LogP contribution in [-0.2, 0) is 0 Å². The fourth-order valence-electron chi connectivity index (χ4n) is 0. The summed E-state index contributed by atoms with van der Waals surface area (Å²) in [6, 6.07) is 0. The monoisotopic (exact) mass is 179 g/mol. The van der Waals surface area contributed by atoms with Crippen LogP contribution >= 0.6 is 0 Å². The number of hydrogen-bond acceptors (Lipinski definition) is 3. The molecule has 0 unspecified atom stereocenters. The molecule has 0 saturated heterocycles. The molecule has 0 aliphatic carbocycles. The first-order valence-electron chi connectivity index (χ1n) is 3.65. The summed E-state index contributed by atoms with van der Waals surface area (Å²) in [6.45, 7) is 6.89. The lowest BCUT2D eigenvalue weighted by molar-refractivity contribution is 0.215. The van der Waals surface area contributed by atoms with Crippen LogP contribution in [0.5, 0.6) is 0 Å². The molecule has 0 aromatic rings. The second kappa shape index (κ2) is 12.8. The molecule has 0 aliphatic rings. The van der Waals surface area contributed by atoms with E-state index in [0.29, 0.717) is 0 Å². The van der Waals surface area contributed by atoms with Gasteiger partial charge in [0.05, 0.1) is 0 Å². The predicted octanol–water partition coefficient (Wildman–Crippen LogP) is -0.387. The van der Waals surface area contributed by atoms with Crippen molar-refractivity contribution in [3.05, 3.63) is 0 Å². The Balaban J connectivity index is -0.000000101. The number of guanidine groups is 1. The van der Waals surface area contributed by atoms with Gasteiger partial charge in [0.15, 0.2) is 5.96 Å². The number of nitrogens with two attached hydrogens (primary N) is 2. The molecule has 0 aromatic heterocycles. The van der Waals surface area contributed by atoms with Crippen molar-refractivity contribution in [2.45, 2.75) is 39.9 Å². The molecule has 0 saturated carbocycles. The highest BCUT2D eigenvalue weighted by atomic mass is 16.3. The van der Waals surface area contributed by atoms with E-state index in [1.54, 1.807) is 27.7 Å². The summed E-state index contributed by atoms with van der Waals surface area (Å²) in [6.07, 6.45) is -0.333. The molecule has 0 radical (unpaired) electrons. The Morgan fingerprint density at radius 2 is 1.00 bits per heavy atom. The molecule has 5 nitrogen and oxygen atoms in total. The first-order valence-corrected chi connectivity index (χ1v) is 3.65. The quantitative estimate of drug-likeness (QED) is 0.257. The molecule has 0 rings (SSSR count). The van der Waals surface area contributed by atoms with Gasteiger partial charge in [-0.2, -0.15) is 0 Å². The van der Waals surface area contributed by atoms with Gasteiger partial charge in [-0.3, -0.25) is 5.41 Å². The molecular weight excluding hydrogens is 158 g/mol. The van der Waals surface area contributed by atoms with Crippen molar-refractivity contribution >= 4 is 5.96 Å². The van der Waals surface area contributed by atoms with E-state index in [-0.39, 0.29) is 18.2 Å². The second-order valence-electron chi connectivity index (χ2n) is 2.64. The third-order valence-electron chi connectivity index (χ3n) is 0. The first kappa shape index (κ1) is 17.3. The summed E-state index contributed by atoms with van der Waals surface area (Å²) >= 11 is 0. The van der Waals surface area contributed by atoms with Gasteiger partial charge in [0.25, 0.3) is 0 Å². The van der Waals surface area contributed by atoms with Crippen molar-refractivity contribution < 1.29 is 10.2 Å². The lowest BCUT2D eigenvalue weighted by Crippen LogP contribution is -2.20. The molecule has 0 fully saturated rings. The lowest BCUT2D eigenvalue weighted by Gasteiger charge is -1.80. The molecule has 5 heteroatoms. The summed E-state index contributed by atoms with van der Waals surface area (Å²) in [7, 11) is 0. The molecule has 0 aromatic carbocycles. The zero-order chi connectivity index (χ0) is 10.7. The molecule has 0 spiro atoms. The maximum Gasteiger partial charge on any atom is 0.183 e. The van der Waals surface area contributed by atoms with Crippen LogP contribution in [0.1, 0.15) is 27.7 Å². The van der Waals surface area contributed by atoms with Gasteiger partial charge in [0.2, 0.25) is 0 Å². The van der Waals surface area contributed by atoms with Crippen LogP contribution in [0.3, 0.4) is 0 Å². The Bertz CT molecular complexity index is 79.1. The smallest absolute Gasteiger partial charge is 0.183 e. The Morgan fingerprint density at radius 1 is 1.00 bits per heavy atom. The topological polar surface area (TPSA) is 116 Å². The zero-order valence-corrected chi connectivity index (χ0v) is 8.20. The largest absolute Gasteiger partial charge is 0.394 e. The number of aliphatic hydroxyl groups is 2. The zero-order valence-electron chi connectivity index (χ0n) is 8.20. The number of hydrogen-bond donors (Lipinski definition) is 5. The van der Waals surface area contributed by atoms with Crippen LogP contribution in [0.25, 0.3) is 0 Å². The molecule has 0 atom stereocenters. The van der Waals surface area contributed by atoms with Gasteiger partial charge in [0.1, 0.15) is 0 Å². The highest BCUT2D eigenvalue weighted by Gasteiger charge is 1.69. The van der Waals surface area contributed by atoms with E-state index in [4.69, 9.17) is 15.6 Å². The molecule has 0 amide bonds. The molecule has 7 N–H and O–H groups in total. The van der Waals surface area contributed by atoms with Crippen LogP contribution in [0.4, 0.5) is 0 Å². The maximum absolute atomic E-state index is 8.06. The minimum Gasteiger partial charge on any atom is -0.394 e. The van der Waals surface area contributed by atoms with Crippen molar-refractivity contribution in [3.63, 3.8) is 0 Å². The third kappa shape index (κ3) is 940. The molecule has 0 bridgehead atoms. The fraction of sp³-hybridized carbons (Fsp3) is 0.857. The van der Waals surface area contributed by atoms with Gasteiger partial charge in [-0.25, -0.2) is 0 Å². The number of aliphatic hydroxyl groups excluding tert-OH is 2. The van der Waals surface area contributed by atoms with Crippen molar-refractivity contribution in [1.82, 2.24) is 0 Å². The van der Waals surface area contributed by atoms with E-state index in [2.05, 4.69) is 11.5 Å². The molecule has 12 heavy (non-hydrogen) atoms. The Hall–Kier alpha value is -0.810. The van der Waals surface area contributed by atoms with Gasteiger partial charge >= 0.3 is 0 Å². The Labute approximate surface area is 73.9 Å². The van der Waals surface area contributed by atoms with E-state index < -0.39 is 0 Å². The van der Waals surface area contributed by atoms with Crippen molar-refractivity contribution in [2.75, 3.05) is 0 Å². The molecule has 0 heterocycles. The third-order valence-corrected chi connectivity index (χ3v) is 0. The molecule has 0 aliphatic heterocycles. The van der Waals surface area contributed by atoms with E-state index >= 15 is 0 Å². The van der Waals surface area contributed by atoms with E-state index in [1.165, 1.54) is 0 Å². The van der Waals surface area contributed by atoms with Gasteiger partial charge in [-0.15, -0.1) is 0 Å². The Kier molecular flexibility index (Phi) is 18.5. The summed E-state index contributed by atoms with van der Waals surface area (Å²) in [5.41, 5.74) is 8.94. The fourth-order valence-corrected chi connectivity index (χ4v) is 0. The highest BCUT2D eigenvalue weighted by molar-refractivity contribution is 5.71. The standard InChI is InChI=1S/2C3H8O.CH5N3/c2*1-3(2)4;2-1(3)4/h2*3-4H,1-2H3;(H5,2,3,4). The SMILES string of the molecule is CC(C)O.CC(C)O.N=C(N)N. The van der Waals surface area contributed by atoms with Gasteiger partial charge in [-0.05, 0) is 27.7 Å². The van der Waals surface area contributed by atoms with Crippen LogP contribution in [0, 0.1) is 5.41 Å². The lowest BCUT2D eigenvalue weighted by atomic mass is 10.5. The summed E-state index contributed by atoms with van der Waals surface area (Å²) in [5.74, 6) is -0.333. The summed E-state index contributed by atoms with van der Waals surface area (Å²) < 4.78 is 0. The highest BCUT2D eigenvalue weighted by Crippen LogP contribution is 1.65. The average Bonchev–Trinajstić information content (AvgIpc) is 1.54.